The SMILES string of the molecule is Cc1nc(-c2cc(B3OC(C)(C)C(C)(C)O3)nc(-c3ccccc3)n2)cs1. The van der Waals surface area contributed by atoms with Gasteiger partial charge in [0, 0.05) is 10.9 Å². The molecule has 0 saturated carbocycles. The molecule has 2 aromatic heterocycles. The van der Waals surface area contributed by atoms with E-state index in [1.54, 1.807) is 11.3 Å². The number of hydrogen-bond donors (Lipinski definition) is 0. The summed E-state index contributed by atoms with van der Waals surface area (Å²) in [6, 6.07) is 11.9. The molecule has 1 aliphatic heterocycles. The summed E-state index contributed by atoms with van der Waals surface area (Å²) in [7, 11) is -0.543. The molecular formula is C20H22BN3O2S. The van der Waals surface area contributed by atoms with Crippen molar-refractivity contribution < 1.29 is 9.31 Å². The lowest BCUT2D eigenvalue weighted by Crippen LogP contribution is -2.41. The first-order valence-corrected chi connectivity index (χ1v) is 9.86. The number of benzene rings is 1. The minimum Gasteiger partial charge on any atom is -0.398 e. The minimum absolute atomic E-state index is 0.424. The summed E-state index contributed by atoms with van der Waals surface area (Å²) in [6.07, 6.45) is 0. The van der Waals surface area contributed by atoms with Crippen molar-refractivity contribution in [1.82, 2.24) is 15.0 Å². The largest absolute Gasteiger partial charge is 0.514 e. The Labute approximate surface area is 164 Å². The average molecular weight is 379 g/mol. The lowest BCUT2D eigenvalue weighted by molar-refractivity contribution is 0.00578. The maximum Gasteiger partial charge on any atom is 0.514 e. The van der Waals surface area contributed by atoms with Gasteiger partial charge in [0.15, 0.2) is 5.82 Å². The molecule has 0 radical (unpaired) electrons. The molecule has 0 N–H and O–H groups in total. The van der Waals surface area contributed by atoms with E-state index in [1.807, 2.05) is 76.4 Å². The molecule has 1 aromatic carbocycles. The van der Waals surface area contributed by atoms with Crippen LogP contribution in [0.15, 0.2) is 41.8 Å². The molecule has 1 aliphatic rings. The standard InChI is InChI=1S/C20H22BN3O2S/c1-13-22-16(12-27-13)15-11-17(21-25-19(2,3)20(4,5)26-21)24-18(23-15)14-9-7-6-8-10-14/h6-12H,1-5H3. The van der Waals surface area contributed by atoms with E-state index in [0.29, 0.717) is 11.4 Å². The number of aryl methyl sites for hydroxylation is 1. The maximum atomic E-state index is 6.21. The normalized spacial score (nSPS) is 18.0. The third-order valence-electron chi connectivity index (χ3n) is 5.15. The Hall–Kier alpha value is -2.09. The van der Waals surface area contributed by atoms with Gasteiger partial charge in [0.2, 0.25) is 0 Å². The number of hydrogen-bond acceptors (Lipinski definition) is 6. The summed E-state index contributed by atoms with van der Waals surface area (Å²) in [5.74, 6) is 0.642. The second-order valence-electron chi connectivity index (χ2n) is 7.71. The molecule has 5 nitrogen and oxygen atoms in total. The summed E-state index contributed by atoms with van der Waals surface area (Å²) >= 11 is 1.60. The third-order valence-corrected chi connectivity index (χ3v) is 5.93. The van der Waals surface area contributed by atoms with Crippen molar-refractivity contribution in [2.45, 2.75) is 45.8 Å². The lowest BCUT2D eigenvalue weighted by Gasteiger charge is -2.32. The van der Waals surface area contributed by atoms with Gasteiger partial charge in [-0.15, -0.1) is 11.3 Å². The fourth-order valence-corrected chi connectivity index (χ4v) is 3.49. The first-order valence-electron chi connectivity index (χ1n) is 8.98. The number of rotatable bonds is 3. The fourth-order valence-electron chi connectivity index (χ4n) is 2.88. The van der Waals surface area contributed by atoms with Gasteiger partial charge in [0.1, 0.15) is 0 Å². The highest BCUT2D eigenvalue weighted by molar-refractivity contribution is 7.09. The molecule has 1 fully saturated rings. The molecule has 0 amide bonds. The highest BCUT2D eigenvalue weighted by Gasteiger charge is 2.52. The van der Waals surface area contributed by atoms with Gasteiger partial charge in [-0.05, 0) is 40.7 Å². The van der Waals surface area contributed by atoms with Crippen molar-refractivity contribution in [2.24, 2.45) is 0 Å². The van der Waals surface area contributed by atoms with Gasteiger partial charge in [-0.3, -0.25) is 0 Å². The Morgan fingerprint density at radius 1 is 0.889 bits per heavy atom. The van der Waals surface area contributed by atoms with E-state index in [9.17, 15) is 0 Å². The van der Waals surface area contributed by atoms with Crippen LogP contribution in [0.1, 0.15) is 32.7 Å². The van der Waals surface area contributed by atoms with Gasteiger partial charge < -0.3 is 9.31 Å². The van der Waals surface area contributed by atoms with Crippen LogP contribution in [0.5, 0.6) is 0 Å². The molecule has 0 bridgehead atoms. The molecule has 3 heterocycles. The smallest absolute Gasteiger partial charge is 0.398 e. The molecule has 0 aliphatic carbocycles. The molecule has 4 rings (SSSR count). The molecular weight excluding hydrogens is 357 g/mol. The van der Waals surface area contributed by atoms with Crippen molar-refractivity contribution in [1.29, 1.82) is 0 Å². The van der Waals surface area contributed by atoms with Crippen LogP contribution in [-0.4, -0.2) is 33.3 Å². The zero-order valence-corrected chi connectivity index (χ0v) is 17.0. The zero-order valence-electron chi connectivity index (χ0n) is 16.2. The average Bonchev–Trinajstić information content (AvgIpc) is 3.16. The van der Waals surface area contributed by atoms with Crippen LogP contribution in [0, 0.1) is 6.92 Å². The van der Waals surface area contributed by atoms with Crippen molar-refractivity contribution in [3.05, 3.63) is 46.8 Å². The summed E-state index contributed by atoms with van der Waals surface area (Å²) < 4.78 is 12.4. The summed E-state index contributed by atoms with van der Waals surface area (Å²) in [6.45, 7) is 10.1. The van der Waals surface area contributed by atoms with E-state index in [0.717, 1.165) is 22.0 Å². The van der Waals surface area contributed by atoms with Gasteiger partial charge in [0.25, 0.3) is 0 Å². The van der Waals surface area contributed by atoms with Crippen molar-refractivity contribution in [2.75, 3.05) is 0 Å². The Kier molecular flexibility index (Phi) is 4.41. The fraction of sp³-hybridized carbons (Fsp3) is 0.350. The Bertz CT molecular complexity index is 956. The number of thiazole rings is 1. The highest BCUT2D eigenvalue weighted by atomic mass is 32.1. The Morgan fingerprint density at radius 2 is 1.56 bits per heavy atom. The maximum absolute atomic E-state index is 6.21. The first kappa shape index (κ1) is 18.3. The summed E-state index contributed by atoms with van der Waals surface area (Å²) in [5, 5.41) is 3.02. The van der Waals surface area contributed by atoms with Gasteiger partial charge in [-0.2, -0.15) is 0 Å². The molecule has 0 spiro atoms. The molecule has 27 heavy (non-hydrogen) atoms. The van der Waals surface area contributed by atoms with E-state index in [4.69, 9.17) is 19.3 Å². The highest BCUT2D eigenvalue weighted by Crippen LogP contribution is 2.36. The Balaban J connectivity index is 1.82. The molecule has 1 saturated heterocycles. The van der Waals surface area contributed by atoms with E-state index in [1.165, 1.54) is 0 Å². The summed E-state index contributed by atoms with van der Waals surface area (Å²) in [5.41, 5.74) is 2.43. The second kappa shape index (κ2) is 6.51. The predicted molar refractivity (Wildman–Crippen MR) is 109 cm³/mol. The van der Waals surface area contributed by atoms with Crippen LogP contribution < -0.4 is 5.59 Å². The molecule has 7 heteroatoms. The van der Waals surface area contributed by atoms with E-state index < -0.39 is 18.3 Å². The van der Waals surface area contributed by atoms with E-state index in [-0.39, 0.29) is 0 Å². The van der Waals surface area contributed by atoms with Crippen LogP contribution in [0.4, 0.5) is 0 Å². The first-order chi connectivity index (χ1) is 12.7. The van der Waals surface area contributed by atoms with Crippen LogP contribution in [0.25, 0.3) is 22.8 Å². The van der Waals surface area contributed by atoms with Gasteiger partial charge >= 0.3 is 7.12 Å². The monoisotopic (exact) mass is 379 g/mol. The lowest BCUT2D eigenvalue weighted by atomic mass is 9.83. The van der Waals surface area contributed by atoms with Crippen molar-refractivity contribution >= 4 is 24.0 Å². The zero-order chi connectivity index (χ0) is 19.2. The third kappa shape index (κ3) is 3.42. The molecule has 3 aromatic rings. The molecule has 0 unspecified atom stereocenters. The van der Waals surface area contributed by atoms with E-state index in [2.05, 4.69) is 4.98 Å². The number of nitrogens with zero attached hydrogens (tertiary/aromatic N) is 3. The van der Waals surface area contributed by atoms with Crippen LogP contribution in [0.3, 0.4) is 0 Å². The Morgan fingerprint density at radius 3 is 2.15 bits per heavy atom. The summed E-state index contributed by atoms with van der Waals surface area (Å²) in [4.78, 5) is 14.1. The van der Waals surface area contributed by atoms with Crippen molar-refractivity contribution in [3.8, 4) is 22.8 Å². The van der Waals surface area contributed by atoms with Gasteiger partial charge in [-0.1, -0.05) is 30.3 Å². The van der Waals surface area contributed by atoms with Crippen molar-refractivity contribution in [3.63, 3.8) is 0 Å². The molecule has 138 valence electrons. The predicted octanol–water partition coefficient (Wildman–Crippen LogP) is 3.87. The molecule has 0 atom stereocenters. The van der Waals surface area contributed by atoms with Crippen LogP contribution in [-0.2, 0) is 9.31 Å². The topological polar surface area (TPSA) is 57.1 Å². The van der Waals surface area contributed by atoms with Crippen LogP contribution >= 0.6 is 11.3 Å². The quantitative estimate of drug-likeness (QED) is 0.647. The van der Waals surface area contributed by atoms with Gasteiger partial charge in [-0.25, -0.2) is 15.0 Å². The number of aromatic nitrogens is 3. The second-order valence-corrected chi connectivity index (χ2v) is 8.77. The van der Waals surface area contributed by atoms with E-state index >= 15 is 0 Å². The van der Waals surface area contributed by atoms with Gasteiger partial charge in [0.05, 0.1) is 33.2 Å². The van der Waals surface area contributed by atoms with Crippen LogP contribution in [0.2, 0.25) is 0 Å². The minimum atomic E-state index is -0.543.